The zero-order chi connectivity index (χ0) is 16.4. The summed E-state index contributed by atoms with van der Waals surface area (Å²) in [5.74, 6) is 0. The van der Waals surface area contributed by atoms with E-state index in [2.05, 4.69) is 5.10 Å². The van der Waals surface area contributed by atoms with E-state index in [9.17, 15) is 5.21 Å². The highest BCUT2D eigenvalue weighted by atomic mass is 16.5. The second kappa shape index (κ2) is 6.13. The number of aromatic nitrogens is 2. The van der Waals surface area contributed by atoms with E-state index in [1.165, 1.54) is 0 Å². The maximum Gasteiger partial charge on any atom is 0.233 e. The van der Waals surface area contributed by atoms with Gasteiger partial charge in [0.15, 0.2) is 0 Å². The van der Waals surface area contributed by atoms with E-state index in [0.29, 0.717) is 12.1 Å². The van der Waals surface area contributed by atoms with Crippen LogP contribution >= 0.6 is 0 Å². The van der Waals surface area contributed by atoms with Gasteiger partial charge in [0.2, 0.25) is 5.69 Å². The predicted octanol–water partition coefficient (Wildman–Crippen LogP) is 4.13. The molecule has 0 N–H and O–H groups in total. The summed E-state index contributed by atoms with van der Waals surface area (Å²) in [6, 6.07) is 27.8. The summed E-state index contributed by atoms with van der Waals surface area (Å²) in [6.45, 7) is 0. The van der Waals surface area contributed by atoms with Gasteiger partial charge in [-0.1, -0.05) is 83.7 Å². The number of nitrogens with zero attached hydrogens (tertiary/aromatic N) is 2. The van der Waals surface area contributed by atoms with Crippen molar-refractivity contribution in [1.82, 2.24) is 5.10 Å². The molecule has 4 aromatic rings. The van der Waals surface area contributed by atoms with E-state index in [-0.39, 0.29) is 0 Å². The predicted molar refractivity (Wildman–Crippen MR) is 95.4 cm³/mol. The molecule has 3 nitrogen and oxygen atoms in total. The third-order valence-corrected chi connectivity index (χ3v) is 4.18. The molecule has 0 unspecified atom stereocenters. The average Bonchev–Trinajstić information content (AvgIpc) is 2.65. The summed E-state index contributed by atoms with van der Waals surface area (Å²) < 4.78 is 0. The van der Waals surface area contributed by atoms with Crippen LogP contribution in [0.4, 0.5) is 0 Å². The van der Waals surface area contributed by atoms with E-state index < -0.39 is 0 Å². The lowest BCUT2D eigenvalue weighted by Crippen LogP contribution is -2.37. The number of rotatable bonds is 3. The van der Waals surface area contributed by atoms with Gasteiger partial charge in [-0.05, 0) is 11.6 Å². The number of fused-ring (bicyclic) bond motifs is 1. The molecule has 0 spiro atoms. The Bertz CT molecular complexity index is 983. The zero-order valence-corrected chi connectivity index (χ0v) is 13.1. The lowest BCUT2D eigenvalue weighted by Gasteiger charge is -2.10. The molecule has 0 radical (unpaired) electrons. The first-order valence-corrected chi connectivity index (χ1v) is 7.94. The Morgan fingerprint density at radius 2 is 1.29 bits per heavy atom. The molecule has 0 aliphatic carbocycles. The van der Waals surface area contributed by atoms with Gasteiger partial charge in [-0.25, -0.2) is 0 Å². The van der Waals surface area contributed by atoms with Crippen LogP contribution in [0.15, 0.2) is 84.9 Å². The number of benzene rings is 3. The summed E-state index contributed by atoms with van der Waals surface area (Å²) in [4.78, 5) is 0.775. The monoisotopic (exact) mass is 312 g/mol. The molecule has 0 saturated carbocycles. The van der Waals surface area contributed by atoms with Gasteiger partial charge in [0.1, 0.15) is 5.69 Å². The molecule has 0 aliphatic heterocycles. The molecule has 0 amide bonds. The highest BCUT2D eigenvalue weighted by molar-refractivity contribution is 5.95. The molecular weight excluding hydrogens is 296 g/mol. The number of hydrogen-bond acceptors (Lipinski definition) is 2. The lowest BCUT2D eigenvalue weighted by molar-refractivity contribution is -0.673. The van der Waals surface area contributed by atoms with Crippen LogP contribution < -0.4 is 4.85 Å². The first-order chi connectivity index (χ1) is 11.8. The molecule has 0 saturated heterocycles. The van der Waals surface area contributed by atoms with Crippen molar-refractivity contribution in [2.75, 3.05) is 0 Å². The maximum absolute atomic E-state index is 12.6. The van der Waals surface area contributed by atoms with Crippen LogP contribution in [0, 0.1) is 5.21 Å². The minimum Gasteiger partial charge on any atom is -0.594 e. The first kappa shape index (κ1) is 14.4. The second-order valence-electron chi connectivity index (χ2n) is 5.74. The van der Waals surface area contributed by atoms with Gasteiger partial charge in [0, 0.05) is 16.0 Å². The summed E-state index contributed by atoms with van der Waals surface area (Å²) in [5.41, 5.74) is 3.44. The van der Waals surface area contributed by atoms with Crippen molar-refractivity contribution in [2.24, 2.45) is 0 Å². The van der Waals surface area contributed by atoms with Gasteiger partial charge in [-0.15, -0.1) is 0 Å². The van der Waals surface area contributed by atoms with Crippen molar-refractivity contribution in [3.05, 3.63) is 101 Å². The molecule has 1 heterocycles. The van der Waals surface area contributed by atoms with E-state index in [0.717, 1.165) is 32.4 Å². The molecule has 4 rings (SSSR count). The van der Waals surface area contributed by atoms with Crippen LogP contribution in [-0.2, 0) is 6.42 Å². The fraction of sp³-hybridized carbons (Fsp3) is 0.0476. The summed E-state index contributed by atoms with van der Waals surface area (Å²) >= 11 is 0. The third-order valence-electron chi connectivity index (χ3n) is 4.18. The quantitative estimate of drug-likeness (QED) is 0.421. The van der Waals surface area contributed by atoms with E-state index >= 15 is 0 Å². The Hall–Kier alpha value is -3.20. The Kier molecular flexibility index (Phi) is 3.67. The minimum atomic E-state index is 0.562. The molecule has 24 heavy (non-hydrogen) atoms. The highest BCUT2D eigenvalue weighted by Crippen LogP contribution is 2.27. The third kappa shape index (κ3) is 2.61. The van der Waals surface area contributed by atoms with Gasteiger partial charge >= 0.3 is 0 Å². The van der Waals surface area contributed by atoms with E-state index in [4.69, 9.17) is 0 Å². The van der Waals surface area contributed by atoms with Gasteiger partial charge in [-0.3, -0.25) is 0 Å². The SMILES string of the molecule is [O-][n+]1nc(-c2ccccc2)c2ccccc2c1Cc1ccccc1. The highest BCUT2D eigenvalue weighted by Gasteiger charge is 2.18. The van der Waals surface area contributed by atoms with Crippen LogP contribution in [0.5, 0.6) is 0 Å². The lowest BCUT2D eigenvalue weighted by atomic mass is 10.0. The zero-order valence-electron chi connectivity index (χ0n) is 13.1. The minimum absolute atomic E-state index is 0.562. The molecule has 1 aromatic heterocycles. The topological polar surface area (TPSA) is 39.8 Å². The normalized spacial score (nSPS) is 10.8. The Morgan fingerprint density at radius 3 is 2.00 bits per heavy atom. The molecule has 0 aliphatic rings. The molecule has 116 valence electrons. The van der Waals surface area contributed by atoms with Gasteiger partial charge in [0.25, 0.3) is 0 Å². The first-order valence-electron chi connectivity index (χ1n) is 7.94. The van der Waals surface area contributed by atoms with Crippen LogP contribution in [0.25, 0.3) is 22.0 Å². The molecule has 3 aromatic carbocycles. The Morgan fingerprint density at radius 1 is 0.708 bits per heavy atom. The molecule has 0 atom stereocenters. The maximum atomic E-state index is 12.6. The summed E-state index contributed by atoms with van der Waals surface area (Å²) in [7, 11) is 0. The fourth-order valence-corrected chi connectivity index (χ4v) is 3.01. The van der Waals surface area contributed by atoms with Crippen molar-refractivity contribution in [3.8, 4) is 11.3 Å². The Labute approximate surface area is 140 Å². The van der Waals surface area contributed by atoms with Crippen molar-refractivity contribution < 1.29 is 4.85 Å². The van der Waals surface area contributed by atoms with Crippen LogP contribution in [0.1, 0.15) is 11.3 Å². The van der Waals surface area contributed by atoms with Crippen LogP contribution in [0.2, 0.25) is 0 Å². The second-order valence-corrected chi connectivity index (χ2v) is 5.74. The number of hydrogen-bond donors (Lipinski definition) is 0. The molecule has 3 heteroatoms. The van der Waals surface area contributed by atoms with Crippen molar-refractivity contribution in [1.29, 1.82) is 0 Å². The van der Waals surface area contributed by atoms with E-state index in [1.807, 2.05) is 84.9 Å². The van der Waals surface area contributed by atoms with E-state index in [1.54, 1.807) is 0 Å². The summed E-state index contributed by atoms with van der Waals surface area (Å²) in [6.07, 6.45) is 0.562. The van der Waals surface area contributed by atoms with Gasteiger partial charge < -0.3 is 5.21 Å². The van der Waals surface area contributed by atoms with Gasteiger partial charge in [-0.2, -0.15) is 0 Å². The van der Waals surface area contributed by atoms with Crippen LogP contribution in [-0.4, -0.2) is 5.10 Å². The Balaban J connectivity index is 1.92. The summed E-state index contributed by atoms with van der Waals surface area (Å²) in [5, 5.41) is 18.9. The van der Waals surface area contributed by atoms with Gasteiger partial charge in [0.05, 0.1) is 11.8 Å². The molecular formula is C21H16N2O. The average molecular weight is 312 g/mol. The van der Waals surface area contributed by atoms with Crippen molar-refractivity contribution >= 4 is 10.8 Å². The molecule has 0 bridgehead atoms. The molecule has 0 fully saturated rings. The van der Waals surface area contributed by atoms with Crippen molar-refractivity contribution in [3.63, 3.8) is 0 Å². The standard InChI is InChI=1S/C21H16N2O/c24-23-20(15-16-9-3-1-4-10-16)18-13-7-8-14-19(18)21(22-23)17-11-5-2-6-12-17/h1-14H,15H2. The fourth-order valence-electron chi connectivity index (χ4n) is 3.01. The van der Waals surface area contributed by atoms with Crippen LogP contribution in [0.3, 0.4) is 0 Å². The van der Waals surface area contributed by atoms with Crippen molar-refractivity contribution in [2.45, 2.75) is 6.42 Å². The smallest absolute Gasteiger partial charge is 0.233 e. The largest absolute Gasteiger partial charge is 0.594 e.